The SMILES string of the molecule is O=C(CCCCC(=O)NCc1ccccc1-c1ccc([C@H]2O[C@@H](CN3CCN(Cc4ccccc4)CC3)C[C@@H](c3ccc(CO)cc3)O2)cc1)NO. The molecule has 2 saturated heterocycles. The lowest BCUT2D eigenvalue weighted by Crippen LogP contribution is -2.49. The number of benzene rings is 4. The Labute approximate surface area is 306 Å². The number of unbranched alkanes of at least 4 members (excludes halogenated alkanes) is 1. The van der Waals surface area contributed by atoms with Crippen molar-refractivity contribution in [1.82, 2.24) is 20.6 Å². The van der Waals surface area contributed by atoms with Gasteiger partial charge in [-0.15, -0.1) is 0 Å². The van der Waals surface area contributed by atoms with Crippen LogP contribution in [0.4, 0.5) is 0 Å². The van der Waals surface area contributed by atoms with Crippen molar-refractivity contribution in [1.29, 1.82) is 0 Å². The van der Waals surface area contributed by atoms with Crippen molar-refractivity contribution >= 4 is 11.8 Å². The molecule has 2 aliphatic rings. The number of hydrogen-bond donors (Lipinski definition) is 4. The first-order valence-electron chi connectivity index (χ1n) is 18.3. The number of hydroxylamine groups is 1. The number of hydrogen-bond acceptors (Lipinski definition) is 8. The number of carbonyl (C=O) groups is 2. The highest BCUT2D eigenvalue weighted by Crippen LogP contribution is 2.39. The average molecular weight is 707 g/mol. The third-order valence-corrected chi connectivity index (χ3v) is 9.96. The molecule has 4 aromatic rings. The second-order valence-electron chi connectivity index (χ2n) is 13.7. The van der Waals surface area contributed by atoms with Crippen molar-refractivity contribution in [3.8, 4) is 11.1 Å². The van der Waals surface area contributed by atoms with Crippen molar-refractivity contribution in [2.24, 2.45) is 0 Å². The number of ether oxygens (including phenoxy) is 2. The molecule has 274 valence electrons. The van der Waals surface area contributed by atoms with Crippen LogP contribution in [0.15, 0.2) is 103 Å². The van der Waals surface area contributed by atoms with Gasteiger partial charge in [0.1, 0.15) is 0 Å². The lowest BCUT2D eigenvalue weighted by molar-refractivity contribution is -0.253. The molecule has 3 atom stereocenters. The highest BCUT2D eigenvalue weighted by Gasteiger charge is 2.34. The number of aliphatic hydroxyl groups is 1. The van der Waals surface area contributed by atoms with Crippen molar-refractivity contribution in [2.45, 2.75) is 70.3 Å². The van der Waals surface area contributed by atoms with Crippen molar-refractivity contribution < 1.29 is 29.4 Å². The van der Waals surface area contributed by atoms with Crippen molar-refractivity contribution in [2.75, 3.05) is 32.7 Å². The van der Waals surface area contributed by atoms with E-state index in [1.165, 1.54) is 5.56 Å². The number of nitrogens with one attached hydrogen (secondary N) is 2. The summed E-state index contributed by atoms with van der Waals surface area (Å²) in [7, 11) is 0. The van der Waals surface area contributed by atoms with Crippen LogP contribution in [0.3, 0.4) is 0 Å². The molecule has 10 heteroatoms. The number of aliphatic hydroxyl groups excluding tert-OH is 1. The monoisotopic (exact) mass is 706 g/mol. The Morgan fingerprint density at radius 1 is 0.712 bits per heavy atom. The van der Waals surface area contributed by atoms with Crippen LogP contribution in [0.2, 0.25) is 0 Å². The Bertz CT molecular complexity index is 1710. The van der Waals surface area contributed by atoms with E-state index in [9.17, 15) is 14.7 Å². The zero-order valence-corrected chi connectivity index (χ0v) is 29.7. The zero-order chi connectivity index (χ0) is 36.1. The number of piperazine rings is 1. The maximum absolute atomic E-state index is 12.5. The molecular formula is C42H50N4O6. The molecule has 0 aliphatic carbocycles. The van der Waals surface area contributed by atoms with E-state index in [0.29, 0.717) is 25.8 Å². The Morgan fingerprint density at radius 2 is 1.37 bits per heavy atom. The minimum Gasteiger partial charge on any atom is -0.392 e. The van der Waals surface area contributed by atoms with Gasteiger partial charge in [0.15, 0.2) is 6.29 Å². The number of carbonyl (C=O) groups excluding carboxylic acids is 2. The normalized spacial score (nSPS) is 19.6. The molecule has 0 aromatic heterocycles. The predicted molar refractivity (Wildman–Crippen MR) is 199 cm³/mol. The fraction of sp³-hybridized carbons (Fsp3) is 0.381. The molecule has 2 fully saturated rings. The van der Waals surface area contributed by atoms with Gasteiger partial charge < -0.3 is 19.9 Å². The van der Waals surface area contributed by atoms with Gasteiger partial charge in [-0.05, 0) is 46.2 Å². The Balaban J connectivity index is 1.09. The fourth-order valence-electron chi connectivity index (χ4n) is 6.98. The standard InChI is InChI=1S/C42H50N4O6/c47-30-32-14-16-34(17-15-32)39-26-37(29-46-24-22-45(23-25-46)28-31-8-2-1-3-9-31)51-42(52-39)35-20-18-33(19-21-35)38-11-5-4-10-36(38)27-43-40(48)12-6-7-13-41(49)44-50/h1-5,8-11,14-21,37,39,42,47,50H,6-7,12-13,22-30H2,(H,43,48)(H,44,49)/t37-,39+,42+/m1/s1. The van der Waals surface area contributed by atoms with Gasteiger partial charge in [-0.1, -0.05) is 103 Å². The van der Waals surface area contributed by atoms with E-state index in [-0.39, 0.29) is 31.1 Å². The van der Waals surface area contributed by atoms with Gasteiger partial charge in [0.05, 0.1) is 18.8 Å². The van der Waals surface area contributed by atoms with E-state index in [0.717, 1.165) is 79.1 Å². The third-order valence-electron chi connectivity index (χ3n) is 9.96. The summed E-state index contributed by atoms with van der Waals surface area (Å²) in [6, 6.07) is 35.0. The molecule has 6 rings (SSSR count). The van der Waals surface area contributed by atoms with Crippen LogP contribution in [-0.4, -0.2) is 70.8 Å². The first kappa shape index (κ1) is 37.3. The van der Waals surface area contributed by atoms with Crippen LogP contribution in [0.1, 0.15) is 72.3 Å². The molecule has 0 unspecified atom stereocenters. The van der Waals surface area contributed by atoms with E-state index in [1.54, 1.807) is 5.48 Å². The van der Waals surface area contributed by atoms with Gasteiger partial charge in [0.25, 0.3) is 0 Å². The van der Waals surface area contributed by atoms with Crippen LogP contribution in [0.25, 0.3) is 11.1 Å². The number of nitrogens with zero attached hydrogens (tertiary/aromatic N) is 2. The molecule has 10 nitrogen and oxygen atoms in total. The summed E-state index contributed by atoms with van der Waals surface area (Å²) in [5.74, 6) is -0.524. The lowest BCUT2D eigenvalue weighted by Gasteiger charge is -2.40. The van der Waals surface area contributed by atoms with Crippen LogP contribution < -0.4 is 10.8 Å². The summed E-state index contributed by atoms with van der Waals surface area (Å²) in [5, 5.41) is 21.2. The molecule has 0 spiro atoms. The third kappa shape index (κ3) is 10.6. The highest BCUT2D eigenvalue weighted by atomic mass is 16.7. The molecule has 4 N–H and O–H groups in total. The maximum atomic E-state index is 12.5. The fourth-order valence-corrected chi connectivity index (χ4v) is 6.98. The summed E-state index contributed by atoms with van der Waals surface area (Å²) < 4.78 is 13.3. The molecular weight excluding hydrogens is 656 g/mol. The largest absolute Gasteiger partial charge is 0.392 e. The van der Waals surface area contributed by atoms with E-state index >= 15 is 0 Å². The lowest BCUT2D eigenvalue weighted by atomic mass is 9.97. The van der Waals surface area contributed by atoms with E-state index in [2.05, 4.69) is 75.8 Å². The first-order chi connectivity index (χ1) is 25.5. The van der Waals surface area contributed by atoms with E-state index < -0.39 is 12.2 Å². The van der Waals surface area contributed by atoms with Crippen molar-refractivity contribution in [3.05, 3.63) is 131 Å². The first-order valence-corrected chi connectivity index (χ1v) is 18.3. The molecule has 0 radical (unpaired) electrons. The second kappa shape index (κ2) is 18.9. The van der Waals surface area contributed by atoms with Gasteiger partial charge in [-0.2, -0.15) is 0 Å². The highest BCUT2D eigenvalue weighted by molar-refractivity contribution is 5.77. The van der Waals surface area contributed by atoms with E-state index in [1.807, 2.05) is 42.5 Å². The summed E-state index contributed by atoms with van der Waals surface area (Å²) in [5.41, 5.74) is 8.92. The maximum Gasteiger partial charge on any atom is 0.243 e. The minimum absolute atomic E-state index is 0.00561. The quantitative estimate of drug-likeness (QED) is 0.0686. The van der Waals surface area contributed by atoms with Gasteiger partial charge in [-0.25, -0.2) is 5.48 Å². The number of amides is 2. The Morgan fingerprint density at radius 3 is 2.08 bits per heavy atom. The number of rotatable bonds is 15. The molecule has 2 aliphatic heterocycles. The Kier molecular flexibility index (Phi) is 13.6. The molecule has 4 aromatic carbocycles. The summed E-state index contributed by atoms with van der Waals surface area (Å²) >= 11 is 0. The minimum atomic E-state index is -0.535. The summed E-state index contributed by atoms with van der Waals surface area (Å²) in [6.07, 6.45) is 1.64. The summed E-state index contributed by atoms with van der Waals surface area (Å²) in [4.78, 5) is 28.7. The smallest absolute Gasteiger partial charge is 0.243 e. The van der Waals surface area contributed by atoms with Gasteiger partial charge >= 0.3 is 0 Å². The predicted octanol–water partition coefficient (Wildman–Crippen LogP) is 5.89. The zero-order valence-electron chi connectivity index (χ0n) is 29.7. The summed E-state index contributed by atoms with van der Waals surface area (Å²) in [6.45, 7) is 6.22. The molecule has 2 heterocycles. The van der Waals surface area contributed by atoms with Crippen LogP contribution in [-0.2, 0) is 38.8 Å². The Hall–Kier alpha value is -4.42. The van der Waals surface area contributed by atoms with Gasteiger partial charge in [-0.3, -0.25) is 24.6 Å². The van der Waals surface area contributed by atoms with Crippen LogP contribution in [0, 0.1) is 0 Å². The molecule has 0 bridgehead atoms. The van der Waals surface area contributed by atoms with Gasteiger partial charge in [0.2, 0.25) is 11.8 Å². The van der Waals surface area contributed by atoms with Crippen molar-refractivity contribution in [3.63, 3.8) is 0 Å². The van der Waals surface area contributed by atoms with Gasteiger partial charge in [0, 0.05) is 70.6 Å². The van der Waals surface area contributed by atoms with E-state index in [4.69, 9.17) is 14.7 Å². The topological polar surface area (TPSA) is 124 Å². The second-order valence-corrected chi connectivity index (χ2v) is 13.7. The molecule has 0 saturated carbocycles. The van der Waals surface area contributed by atoms with Crippen LogP contribution in [0.5, 0.6) is 0 Å². The molecule has 52 heavy (non-hydrogen) atoms. The molecule has 2 amide bonds. The average Bonchev–Trinajstić information content (AvgIpc) is 3.20. The van der Waals surface area contributed by atoms with Crippen LogP contribution >= 0.6 is 0 Å².